The zero-order valence-corrected chi connectivity index (χ0v) is 47.4. The maximum Gasteiger partial charge on any atom is 0.320 e. The second-order valence-corrected chi connectivity index (χ2v) is 24.1. The van der Waals surface area contributed by atoms with Gasteiger partial charge in [0.25, 0.3) is 5.69 Å². The summed E-state index contributed by atoms with van der Waals surface area (Å²) in [4.78, 5) is 101. The number of carboxylic acids is 1. The number of carbonyl (C=O) groups is 6. The molecule has 1 unspecified atom stereocenters. The lowest BCUT2D eigenvalue weighted by molar-refractivity contribution is -0.384. The van der Waals surface area contributed by atoms with Gasteiger partial charge in [0.2, 0.25) is 0 Å². The van der Waals surface area contributed by atoms with Crippen LogP contribution in [-0.2, 0) is 58.9 Å². The molecular weight excluding hydrogens is 959 g/mol. The van der Waals surface area contributed by atoms with E-state index in [-0.39, 0.29) is 51.5 Å². The highest BCUT2D eigenvalue weighted by Gasteiger charge is 2.31. The number of nitrogens with zero attached hydrogens (tertiary/aromatic N) is 7. The van der Waals surface area contributed by atoms with E-state index in [1.165, 1.54) is 12.1 Å². The molecule has 1 atom stereocenters. The topological polar surface area (TPSA) is 231 Å². The van der Waals surface area contributed by atoms with Crippen LogP contribution in [0.3, 0.4) is 0 Å². The summed E-state index contributed by atoms with van der Waals surface area (Å²) in [7, 11) is 0. The lowest BCUT2D eigenvalue weighted by atomic mass is 10.0. The van der Waals surface area contributed by atoms with Crippen LogP contribution < -0.4 is 0 Å². The lowest BCUT2D eigenvalue weighted by Gasteiger charge is -2.36. The fourth-order valence-corrected chi connectivity index (χ4v) is 8.07. The number of non-ortho nitro benzene ring substituents is 1. The van der Waals surface area contributed by atoms with E-state index < -0.39 is 74.8 Å². The van der Waals surface area contributed by atoms with Crippen molar-refractivity contribution < 1.29 is 62.5 Å². The number of carboxylic acid groups (broad SMARTS) is 1. The lowest BCUT2D eigenvalue weighted by Crippen LogP contribution is -2.51. The van der Waals surface area contributed by atoms with Gasteiger partial charge in [0.1, 0.15) is 28.0 Å². The average molecular weight is 1050 g/mol. The standard InChI is InChI=1S/C53H91N7O14/c1-49(2,3)70-44(63)35-57(34-43(61)62)31-27-54-23-24-55(28-32-58(36-45(64)71-50(4,5)6)37-46(65)72-51(7,8)9)26-30-56(29-25-54)33-42(18-16-17-40-19-21-41(22-20-40)60(68)69)59(38-47(66)73-52(10,11)12)39-48(67)74-53(13,14)15/h19-22,42H,16-18,23-39H2,1-15H3,(H,61,62). The average Bonchev–Trinajstić information content (AvgIpc) is 3.28. The Morgan fingerprint density at radius 3 is 1.19 bits per heavy atom. The zero-order valence-electron chi connectivity index (χ0n) is 47.4. The highest BCUT2D eigenvalue weighted by Crippen LogP contribution is 2.20. The van der Waals surface area contributed by atoms with Crippen LogP contribution >= 0.6 is 0 Å². The third-order valence-electron chi connectivity index (χ3n) is 11.0. The van der Waals surface area contributed by atoms with Crippen LogP contribution in [-0.4, -0.2) is 221 Å². The van der Waals surface area contributed by atoms with Crippen LogP contribution in [0.25, 0.3) is 0 Å². The Balaban J connectivity index is 2.62. The number of aliphatic carboxylic acids is 1. The molecule has 1 fully saturated rings. The Morgan fingerprint density at radius 1 is 0.541 bits per heavy atom. The molecule has 0 bridgehead atoms. The molecule has 422 valence electrons. The number of nitro benzene ring substituents is 1. The minimum absolute atomic E-state index is 0.0139. The van der Waals surface area contributed by atoms with Gasteiger partial charge in [-0.2, -0.15) is 0 Å². The Labute approximate surface area is 440 Å². The summed E-state index contributed by atoms with van der Waals surface area (Å²) in [5, 5.41) is 21.2. The molecule has 0 spiro atoms. The maximum atomic E-state index is 13.6. The first kappa shape index (κ1) is 65.3. The molecule has 74 heavy (non-hydrogen) atoms. The Morgan fingerprint density at radius 2 is 0.865 bits per heavy atom. The fraction of sp³-hybridized carbons (Fsp3) is 0.774. The van der Waals surface area contributed by atoms with E-state index >= 15 is 0 Å². The largest absolute Gasteiger partial charge is 0.480 e. The summed E-state index contributed by atoms with van der Waals surface area (Å²) in [6.07, 6.45) is 1.70. The number of ether oxygens (including phenoxy) is 5. The number of benzene rings is 1. The molecule has 1 aromatic rings. The molecule has 0 saturated carbocycles. The van der Waals surface area contributed by atoms with E-state index in [1.54, 1.807) is 126 Å². The minimum atomic E-state index is -1.08. The molecular formula is C53H91N7O14. The first-order valence-corrected chi connectivity index (χ1v) is 25.8. The number of hydrogen-bond donors (Lipinski definition) is 1. The van der Waals surface area contributed by atoms with Crippen LogP contribution in [0.2, 0.25) is 0 Å². The SMILES string of the molecule is CC(C)(C)OC(=O)CN(CCN1CCN(CCN(CC(=O)OC(C)(C)C)CC(=O)OC(C)(C)C)CCN(CC(CCCc2ccc([N+](=O)[O-])cc2)N(CC(=O)OC(C)(C)C)CC(=O)OC(C)(C)C)CC1)CC(=O)O. The number of aryl methyl sites for hydroxylation is 1. The van der Waals surface area contributed by atoms with Gasteiger partial charge in [0, 0.05) is 90.2 Å². The van der Waals surface area contributed by atoms with Crippen LogP contribution in [0.1, 0.15) is 122 Å². The van der Waals surface area contributed by atoms with Gasteiger partial charge in [-0.05, 0) is 129 Å². The van der Waals surface area contributed by atoms with Crippen molar-refractivity contribution in [2.24, 2.45) is 0 Å². The van der Waals surface area contributed by atoms with Gasteiger partial charge >= 0.3 is 35.8 Å². The van der Waals surface area contributed by atoms with Gasteiger partial charge < -0.3 is 28.8 Å². The van der Waals surface area contributed by atoms with Crippen LogP contribution in [0.5, 0.6) is 0 Å². The monoisotopic (exact) mass is 1050 g/mol. The van der Waals surface area contributed by atoms with Crippen molar-refractivity contribution in [1.29, 1.82) is 0 Å². The van der Waals surface area contributed by atoms with E-state index in [0.717, 1.165) is 5.56 Å². The summed E-state index contributed by atoms with van der Waals surface area (Å²) in [6.45, 7) is 30.4. The molecule has 21 nitrogen and oxygen atoms in total. The second-order valence-electron chi connectivity index (χ2n) is 24.1. The molecule has 1 heterocycles. The number of esters is 5. The summed E-state index contributed by atoms with van der Waals surface area (Å²) >= 11 is 0. The van der Waals surface area contributed by atoms with Crippen molar-refractivity contribution in [2.75, 3.05) is 111 Å². The van der Waals surface area contributed by atoms with Gasteiger partial charge in [-0.3, -0.25) is 68.3 Å². The quantitative estimate of drug-likeness (QED) is 0.0562. The predicted molar refractivity (Wildman–Crippen MR) is 280 cm³/mol. The maximum absolute atomic E-state index is 13.6. The molecule has 1 saturated heterocycles. The van der Waals surface area contributed by atoms with Crippen molar-refractivity contribution in [1.82, 2.24) is 29.4 Å². The third-order valence-corrected chi connectivity index (χ3v) is 11.0. The fourth-order valence-electron chi connectivity index (χ4n) is 8.07. The van der Waals surface area contributed by atoms with E-state index in [0.29, 0.717) is 84.7 Å². The van der Waals surface area contributed by atoms with Crippen molar-refractivity contribution in [2.45, 2.75) is 157 Å². The molecule has 1 aliphatic heterocycles. The first-order valence-electron chi connectivity index (χ1n) is 25.8. The first-order chi connectivity index (χ1) is 33.9. The highest BCUT2D eigenvalue weighted by atomic mass is 16.6. The minimum Gasteiger partial charge on any atom is -0.480 e. The van der Waals surface area contributed by atoms with Crippen LogP contribution in [0.4, 0.5) is 5.69 Å². The molecule has 1 N–H and O–H groups in total. The molecule has 1 aromatic carbocycles. The van der Waals surface area contributed by atoms with Crippen molar-refractivity contribution >= 4 is 41.5 Å². The number of nitro groups is 1. The van der Waals surface area contributed by atoms with Gasteiger partial charge in [0.15, 0.2) is 0 Å². The molecule has 0 aromatic heterocycles. The summed E-state index contributed by atoms with van der Waals surface area (Å²) in [5.74, 6) is -3.61. The van der Waals surface area contributed by atoms with Gasteiger partial charge in [-0.25, -0.2) is 0 Å². The van der Waals surface area contributed by atoms with Crippen molar-refractivity contribution in [3.63, 3.8) is 0 Å². The Kier molecular flexibility index (Phi) is 26.0. The van der Waals surface area contributed by atoms with Crippen LogP contribution in [0.15, 0.2) is 24.3 Å². The molecule has 0 aliphatic carbocycles. The van der Waals surface area contributed by atoms with E-state index in [4.69, 9.17) is 23.7 Å². The third kappa shape index (κ3) is 31.2. The van der Waals surface area contributed by atoms with Crippen molar-refractivity contribution in [3.05, 3.63) is 39.9 Å². The summed E-state index contributed by atoms with van der Waals surface area (Å²) in [5.41, 5.74) is -2.95. The Bertz CT molecular complexity index is 1910. The molecule has 1 aliphatic rings. The zero-order chi connectivity index (χ0) is 56.2. The van der Waals surface area contributed by atoms with Crippen molar-refractivity contribution in [3.8, 4) is 0 Å². The second kappa shape index (κ2) is 29.5. The molecule has 21 heteroatoms. The molecule has 0 radical (unpaired) electrons. The number of hydrogen-bond acceptors (Lipinski definition) is 19. The van der Waals surface area contributed by atoms with E-state index in [1.807, 2.05) is 4.90 Å². The highest BCUT2D eigenvalue weighted by molar-refractivity contribution is 5.76. The Hall–Kier alpha value is -4.80. The summed E-state index contributed by atoms with van der Waals surface area (Å²) in [6, 6.07) is 6.00. The summed E-state index contributed by atoms with van der Waals surface area (Å²) < 4.78 is 28.4. The molecule has 2 rings (SSSR count). The van der Waals surface area contributed by atoms with Gasteiger partial charge in [0.05, 0.1) is 44.2 Å². The normalized spacial score (nSPS) is 15.5. The number of rotatable bonds is 26. The number of carbonyl (C=O) groups excluding carboxylic acids is 5. The molecule has 0 amide bonds. The van der Waals surface area contributed by atoms with E-state index in [9.17, 15) is 44.0 Å². The predicted octanol–water partition coefficient (Wildman–Crippen LogP) is 4.90. The van der Waals surface area contributed by atoms with Gasteiger partial charge in [-0.15, -0.1) is 0 Å². The van der Waals surface area contributed by atoms with Crippen LogP contribution in [0, 0.1) is 10.1 Å². The smallest absolute Gasteiger partial charge is 0.320 e. The van der Waals surface area contributed by atoms with Gasteiger partial charge in [-0.1, -0.05) is 12.1 Å². The van der Waals surface area contributed by atoms with E-state index in [2.05, 4.69) is 14.7 Å².